The van der Waals surface area contributed by atoms with E-state index in [1.165, 1.54) is 11.1 Å². The second kappa shape index (κ2) is 6.31. The first-order valence-corrected chi connectivity index (χ1v) is 7.75. The van der Waals surface area contributed by atoms with Crippen molar-refractivity contribution in [3.63, 3.8) is 0 Å². The summed E-state index contributed by atoms with van der Waals surface area (Å²) in [6, 6.07) is 16.4. The van der Waals surface area contributed by atoms with Crippen LogP contribution in [-0.4, -0.2) is 11.7 Å². The highest BCUT2D eigenvalue weighted by molar-refractivity contribution is 5.33. The zero-order chi connectivity index (χ0) is 14.7. The van der Waals surface area contributed by atoms with Crippen LogP contribution in [0.5, 0.6) is 5.75 Å². The first kappa shape index (κ1) is 14.2. The summed E-state index contributed by atoms with van der Waals surface area (Å²) in [5.41, 5.74) is 3.78. The molecule has 0 bridgehead atoms. The van der Waals surface area contributed by atoms with E-state index in [9.17, 15) is 5.11 Å². The van der Waals surface area contributed by atoms with Crippen molar-refractivity contribution in [2.75, 3.05) is 6.61 Å². The molecule has 0 aliphatic heterocycles. The van der Waals surface area contributed by atoms with Crippen molar-refractivity contribution in [1.82, 2.24) is 0 Å². The lowest BCUT2D eigenvalue weighted by molar-refractivity contribution is 0.0992. The van der Waals surface area contributed by atoms with Gasteiger partial charge in [0, 0.05) is 0 Å². The molecule has 0 amide bonds. The van der Waals surface area contributed by atoms with Crippen molar-refractivity contribution in [3.05, 3.63) is 65.2 Å². The third kappa shape index (κ3) is 3.11. The standard InChI is InChI=1S/C19H22O2/c1-2-21-18-9-5-8-16(13-18)19(20)17-11-10-14-6-3-4-7-15(14)12-17/h3-9,13,17,19-20H,2,10-12H2,1H3. The number of aliphatic hydroxyl groups is 1. The van der Waals surface area contributed by atoms with E-state index in [0.717, 1.165) is 30.6 Å². The van der Waals surface area contributed by atoms with Crippen molar-refractivity contribution in [2.24, 2.45) is 5.92 Å². The molecule has 2 atom stereocenters. The molecule has 21 heavy (non-hydrogen) atoms. The molecule has 2 nitrogen and oxygen atoms in total. The maximum atomic E-state index is 10.7. The van der Waals surface area contributed by atoms with Crippen LogP contribution in [0.25, 0.3) is 0 Å². The molecular formula is C19H22O2. The monoisotopic (exact) mass is 282 g/mol. The van der Waals surface area contributed by atoms with Gasteiger partial charge in [-0.1, -0.05) is 36.4 Å². The van der Waals surface area contributed by atoms with Crippen molar-refractivity contribution in [1.29, 1.82) is 0 Å². The van der Waals surface area contributed by atoms with E-state index in [0.29, 0.717) is 6.61 Å². The predicted molar refractivity (Wildman–Crippen MR) is 84.5 cm³/mol. The van der Waals surface area contributed by atoms with Crippen LogP contribution >= 0.6 is 0 Å². The number of benzene rings is 2. The van der Waals surface area contributed by atoms with Gasteiger partial charge in [0.05, 0.1) is 12.7 Å². The molecule has 3 rings (SSSR count). The summed E-state index contributed by atoms with van der Waals surface area (Å²) in [6.45, 7) is 2.62. The zero-order valence-corrected chi connectivity index (χ0v) is 12.5. The average molecular weight is 282 g/mol. The molecule has 1 aliphatic carbocycles. The molecule has 1 N–H and O–H groups in total. The highest BCUT2D eigenvalue weighted by atomic mass is 16.5. The normalized spacial score (nSPS) is 18.9. The number of ether oxygens (including phenoxy) is 1. The first-order chi connectivity index (χ1) is 10.3. The average Bonchev–Trinajstić information content (AvgIpc) is 2.54. The minimum absolute atomic E-state index is 0.289. The highest BCUT2D eigenvalue weighted by Gasteiger charge is 2.25. The summed E-state index contributed by atoms with van der Waals surface area (Å²) in [5, 5.41) is 10.7. The largest absolute Gasteiger partial charge is 0.494 e. The van der Waals surface area contributed by atoms with Gasteiger partial charge >= 0.3 is 0 Å². The Morgan fingerprint density at radius 1 is 1.14 bits per heavy atom. The Hall–Kier alpha value is -1.80. The summed E-state index contributed by atoms with van der Waals surface area (Å²) in [5.74, 6) is 1.13. The van der Waals surface area contributed by atoms with Gasteiger partial charge in [-0.15, -0.1) is 0 Å². The minimum atomic E-state index is -0.418. The number of aryl methyl sites for hydroxylation is 1. The summed E-state index contributed by atoms with van der Waals surface area (Å²) < 4.78 is 5.53. The van der Waals surface area contributed by atoms with Gasteiger partial charge in [0.2, 0.25) is 0 Å². The summed E-state index contributed by atoms with van der Waals surface area (Å²) >= 11 is 0. The van der Waals surface area contributed by atoms with Crippen LogP contribution < -0.4 is 4.74 Å². The Kier molecular flexibility index (Phi) is 4.26. The Bertz CT molecular complexity index is 606. The van der Waals surface area contributed by atoms with E-state index in [1.54, 1.807) is 0 Å². The molecule has 0 fully saturated rings. The lowest BCUT2D eigenvalue weighted by Gasteiger charge is -2.29. The van der Waals surface area contributed by atoms with Crippen LogP contribution in [0.2, 0.25) is 0 Å². The van der Waals surface area contributed by atoms with Crippen molar-refractivity contribution < 1.29 is 9.84 Å². The summed E-state index contributed by atoms with van der Waals surface area (Å²) in [6.07, 6.45) is 2.63. The van der Waals surface area contributed by atoms with Gasteiger partial charge in [0.15, 0.2) is 0 Å². The molecule has 0 radical (unpaired) electrons. The minimum Gasteiger partial charge on any atom is -0.494 e. The molecule has 1 aliphatic rings. The number of rotatable bonds is 4. The summed E-state index contributed by atoms with van der Waals surface area (Å²) in [4.78, 5) is 0. The van der Waals surface area contributed by atoms with E-state index < -0.39 is 6.10 Å². The fourth-order valence-electron chi connectivity index (χ4n) is 3.22. The van der Waals surface area contributed by atoms with E-state index in [4.69, 9.17) is 4.74 Å². The number of aliphatic hydroxyl groups excluding tert-OH is 1. The van der Waals surface area contributed by atoms with Gasteiger partial charge in [-0.05, 0) is 60.9 Å². The molecule has 2 unspecified atom stereocenters. The molecular weight excluding hydrogens is 260 g/mol. The Balaban J connectivity index is 1.77. The third-order valence-electron chi connectivity index (χ3n) is 4.34. The van der Waals surface area contributed by atoms with Crippen molar-refractivity contribution in [2.45, 2.75) is 32.3 Å². The quantitative estimate of drug-likeness (QED) is 0.921. The highest BCUT2D eigenvalue weighted by Crippen LogP contribution is 2.35. The fourth-order valence-corrected chi connectivity index (χ4v) is 3.22. The lowest BCUT2D eigenvalue weighted by atomic mass is 9.79. The molecule has 2 aromatic rings. The fraction of sp³-hybridized carbons (Fsp3) is 0.368. The second-order valence-corrected chi connectivity index (χ2v) is 5.72. The smallest absolute Gasteiger partial charge is 0.119 e. The molecule has 0 heterocycles. The summed E-state index contributed by atoms with van der Waals surface area (Å²) in [7, 11) is 0. The topological polar surface area (TPSA) is 29.5 Å². The third-order valence-corrected chi connectivity index (χ3v) is 4.34. The molecule has 0 saturated carbocycles. The van der Waals surface area contributed by atoms with Gasteiger partial charge in [-0.2, -0.15) is 0 Å². The van der Waals surface area contributed by atoms with Crippen LogP contribution in [0.15, 0.2) is 48.5 Å². The zero-order valence-electron chi connectivity index (χ0n) is 12.5. The van der Waals surface area contributed by atoms with Crippen LogP contribution in [0.3, 0.4) is 0 Å². The van der Waals surface area contributed by atoms with E-state index in [-0.39, 0.29) is 5.92 Å². The van der Waals surface area contributed by atoms with E-state index >= 15 is 0 Å². The Morgan fingerprint density at radius 3 is 2.76 bits per heavy atom. The Labute approximate surface area is 126 Å². The van der Waals surface area contributed by atoms with Crippen molar-refractivity contribution in [3.8, 4) is 5.75 Å². The van der Waals surface area contributed by atoms with E-state index in [1.807, 2.05) is 31.2 Å². The molecule has 0 saturated heterocycles. The molecule has 0 aromatic heterocycles. The van der Waals surface area contributed by atoms with Gasteiger partial charge in [-0.25, -0.2) is 0 Å². The second-order valence-electron chi connectivity index (χ2n) is 5.72. The van der Waals surface area contributed by atoms with Crippen LogP contribution in [-0.2, 0) is 12.8 Å². The van der Waals surface area contributed by atoms with Gasteiger partial charge in [-0.3, -0.25) is 0 Å². The van der Waals surface area contributed by atoms with E-state index in [2.05, 4.69) is 24.3 Å². The first-order valence-electron chi connectivity index (χ1n) is 7.75. The molecule has 2 aromatic carbocycles. The van der Waals surface area contributed by atoms with Gasteiger partial charge in [0.25, 0.3) is 0 Å². The maximum Gasteiger partial charge on any atom is 0.119 e. The van der Waals surface area contributed by atoms with Gasteiger partial charge < -0.3 is 9.84 Å². The Morgan fingerprint density at radius 2 is 1.95 bits per heavy atom. The van der Waals surface area contributed by atoms with Crippen LogP contribution in [0, 0.1) is 5.92 Å². The van der Waals surface area contributed by atoms with Crippen LogP contribution in [0.1, 0.15) is 36.1 Å². The molecule has 0 spiro atoms. The number of hydrogen-bond acceptors (Lipinski definition) is 2. The van der Waals surface area contributed by atoms with Gasteiger partial charge in [0.1, 0.15) is 5.75 Å². The molecule has 110 valence electrons. The maximum absolute atomic E-state index is 10.7. The number of hydrogen-bond donors (Lipinski definition) is 1. The lowest BCUT2D eigenvalue weighted by Crippen LogP contribution is -2.21. The molecule has 2 heteroatoms. The predicted octanol–water partition coefficient (Wildman–Crippen LogP) is 3.92. The van der Waals surface area contributed by atoms with Crippen molar-refractivity contribution >= 4 is 0 Å². The SMILES string of the molecule is CCOc1cccc(C(O)C2CCc3ccccc3C2)c1. The number of fused-ring (bicyclic) bond motifs is 1. The van der Waals surface area contributed by atoms with Crippen LogP contribution in [0.4, 0.5) is 0 Å².